The van der Waals surface area contributed by atoms with Gasteiger partial charge in [-0.25, -0.2) is 4.39 Å². The Labute approximate surface area is 100 Å². The average Bonchev–Trinajstić information content (AvgIpc) is 2.83. The third-order valence-corrected chi connectivity index (χ3v) is 3.90. The number of phenols is 1. The van der Waals surface area contributed by atoms with E-state index in [1.807, 2.05) is 0 Å². The second-order valence-corrected chi connectivity index (χ2v) is 5.15. The smallest absolute Gasteiger partial charge is 0.123 e. The number of aromatic hydroxyl groups is 1. The summed E-state index contributed by atoms with van der Waals surface area (Å²) in [7, 11) is 0. The minimum absolute atomic E-state index is 0.196. The number of fused-ring (bicyclic) bond motifs is 1. The number of nitrogens with one attached hydrogen (secondary N) is 1. The molecule has 2 aliphatic heterocycles. The van der Waals surface area contributed by atoms with Gasteiger partial charge in [-0.2, -0.15) is 0 Å². The summed E-state index contributed by atoms with van der Waals surface area (Å²) in [6.07, 6.45) is 0. The Morgan fingerprint density at radius 2 is 2.00 bits per heavy atom. The van der Waals surface area contributed by atoms with Crippen molar-refractivity contribution in [1.29, 1.82) is 0 Å². The molecule has 0 aliphatic carbocycles. The van der Waals surface area contributed by atoms with Crippen molar-refractivity contribution in [2.24, 2.45) is 11.8 Å². The van der Waals surface area contributed by atoms with Crippen LogP contribution in [0.4, 0.5) is 4.39 Å². The highest BCUT2D eigenvalue weighted by atomic mass is 19.1. The Balaban J connectivity index is 1.69. The van der Waals surface area contributed by atoms with Crippen molar-refractivity contribution >= 4 is 0 Å². The predicted octanol–water partition coefficient (Wildman–Crippen LogP) is 1.18. The number of benzene rings is 1. The second kappa shape index (κ2) is 4.27. The van der Waals surface area contributed by atoms with Crippen LogP contribution in [0.25, 0.3) is 0 Å². The van der Waals surface area contributed by atoms with Crippen LogP contribution >= 0.6 is 0 Å². The third kappa shape index (κ3) is 2.15. The van der Waals surface area contributed by atoms with Gasteiger partial charge < -0.3 is 10.4 Å². The molecule has 0 amide bonds. The molecule has 0 bridgehead atoms. The molecule has 3 rings (SSSR count). The molecule has 0 aromatic heterocycles. The van der Waals surface area contributed by atoms with Gasteiger partial charge in [-0.05, 0) is 43.1 Å². The van der Waals surface area contributed by atoms with Crippen LogP contribution in [-0.4, -0.2) is 36.2 Å². The monoisotopic (exact) mass is 236 g/mol. The Hall–Kier alpha value is -1.13. The molecule has 2 atom stereocenters. The summed E-state index contributed by atoms with van der Waals surface area (Å²) in [4.78, 5) is 2.31. The molecule has 2 fully saturated rings. The van der Waals surface area contributed by atoms with Crippen LogP contribution in [0.2, 0.25) is 0 Å². The minimum atomic E-state index is -0.279. The Kier molecular flexibility index (Phi) is 2.76. The fraction of sp³-hybridized carbons (Fsp3) is 0.538. The van der Waals surface area contributed by atoms with E-state index < -0.39 is 0 Å². The standard InChI is InChI=1S/C13H17FN2O/c14-12-1-2-13(17)9(3-12)6-16-7-10-4-15-5-11(10)8-16/h1-3,10-11,15,17H,4-8H2. The Bertz CT molecular complexity index is 412. The lowest BCUT2D eigenvalue weighted by Gasteiger charge is -2.17. The first-order valence-electron chi connectivity index (χ1n) is 6.13. The van der Waals surface area contributed by atoms with Crippen LogP contribution in [0.1, 0.15) is 5.56 Å². The number of nitrogens with zero attached hydrogens (tertiary/aromatic N) is 1. The maximum absolute atomic E-state index is 13.1. The van der Waals surface area contributed by atoms with Gasteiger partial charge in [0.2, 0.25) is 0 Å². The largest absolute Gasteiger partial charge is 0.508 e. The van der Waals surface area contributed by atoms with Gasteiger partial charge in [-0.3, -0.25) is 4.90 Å². The van der Waals surface area contributed by atoms with Crippen LogP contribution in [0.5, 0.6) is 5.75 Å². The van der Waals surface area contributed by atoms with Gasteiger partial charge in [0.1, 0.15) is 11.6 Å². The van der Waals surface area contributed by atoms with Gasteiger partial charge >= 0.3 is 0 Å². The maximum atomic E-state index is 13.1. The van der Waals surface area contributed by atoms with Crippen molar-refractivity contribution < 1.29 is 9.50 Å². The fourth-order valence-corrected chi connectivity index (χ4v) is 3.00. The van der Waals surface area contributed by atoms with Crippen molar-refractivity contribution in [3.8, 4) is 5.75 Å². The highest BCUT2D eigenvalue weighted by molar-refractivity contribution is 5.32. The molecule has 2 N–H and O–H groups in total. The Morgan fingerprint density at radius 1 is 1.29 bits per heavy atom. The molecule has 1 aromatic carbocycles. The number of likely N-dealkylation sites (tertiary alicyclic amines) is 1. The Morgan fingerprint density at radius 3 is 2.71 bits per heavy atom. The van der Waals surface area contributed by atoms with Crippen LogP contribution in [0, 0.1) is 17.7 Å². The molecular weight excluding hydrogens is 219 g/mol. The molecular formula is C13H17FN2O. The molecule has 1 aromatic rings. The van der Waals surface area contributed by atoms with E-state index in [-0.39, 0.29) is 11.6 Å². The zero-order valence-electron chi connectivity index (χ0n) is 9.69. The summed E-state index contributed by atoms with van der Waals surface area (Å²) in [5.41, 5.74) is 0.693. The summed E-state index contributed by atoms with van der Waals surface area (Å²) in [5.74, 6) is 1.37. The zero-order chi connectivity index (χ0) is 11.8. The van der Waals surface area contributed by atoms with E-state index in [1.54, 1.807) is 0 Å². The van der Waals surface area contributed by atoms with E-state index in [9.17, 15) is 9.50 Å². The first-order valence-corrected chi connectivity index (χ1v) is 6.13. The SMILES string of the molecule is Oc1ccc(F)cc1CN1CC2CNCC2C1. The van der Waals surface area contributed by atoms with E-state index in [4.69, 9.17) is 0 Å². The predicted molar refractivity (Wildman–Crippen MR) is 63.2 cm³/mol. The van der Waals surface area contributed by atoms with Crippen LogP contribution < -0.4 is 5.32 Å². The molecule has 2 heterocycles. The minimum Gasteiger partial charge on any atom is -0.508 e. The summed E-state index contributed by atoms with van der Waals surface area (Å²) in [6.45, 7) is 4.93. The molecule has 2 aliphatic rings. The lowest BCUT2D eigenvalue weighted by atomic mass is 10.0. The molecule has 0 saturated carbocycles. The summed E-state index contributed by atoms with van der Waals surface area (Å²) < 4.78 is 13.1. The van der Waals surface area contributed by atoms with E-state index in [1.165, 1.54) is 18.2 Å². The third-order valence-electron chi connectivity index (χ3n) is 3.90. The topological polar surface area (TPSA) is 35.5 Å². The van der Waals surface area contributed by atoms with Gasteiger partial charge in [0.05, 0.1) is 0 Å². The average molecular weight is 236 g/mol. The van der Waals surface area contributed by atoms with Crippen molar-refractivity contribution in [3.63, 3.8) is 0 Å². The van der Waals surface area contributed by atoms with Gasteiger partial charge in [0, 0.05) is 25.2 Å². The summed E-state index contributed by atoms with van der Waals surface area (Å²) in [6, 6.07) is 4.16. The molecule has 4 heteroatoms. The quantitative estimate of drug-likeness (QED) is 0.809. The summed E-state index contributed by atoms with van der Waals surface area (Å²) in [5, 5.41) is 13.1. The highest BCUT2D eigenvalue weighted by Crippen LogP contribution is 2.29. The molecule has 2 saturated heterocycles. The van der Waals surface area contributed by atoms with Crippen molar-refractivity contribution in [3.05, 3.63) is 29.6 Å². The number of rotatable bonds is 2. The highest BCUT2D eigenvalue weighted by Gasteiger charge is 2.35. The molecule has 2 unspecified atom stereocenters. The van der Waals surface area contributed by atoms with E-state index in [2.05, 4.69) is 10.2 Å². The van der Waals surface area contributed by atoms with Crippen molar-refractivity contribution in [2.45, 2.75) is 6.54 Å². The molecule has 92 valence electrons. The normalized spacial score (nSPS) is 28.5. The number of hydrogen-bond donors (Lipinski definition) is 2. The lowest BCUT2D eigenvalue weighted by Crippen LogP contribution is -2.25. The van der Waals surface area contributed by atoms with Crippen LogP contribution in [0.3, 0.4) is 0 Å². The number of phenolic OH excluding ortho intramolecular Hbond substituents is 1. The first-order chi connectivity index (χ1) is 8.22. The van der Waals surface area contributed by atoms with Gasteiger partial charge in [-0.1, -0.05) is 0 Å². The molecule has 3 nitrogen and oxygen atoms in total. The number of hydrogen-bond acceptors (Lipinski definition) is 3. The molecule has 17 heavy (non-hydrogen) atoms. The molecule has 0 radical (unpaired) electrons. The van der Waals surface area contributed by atoms with Crippen molar-refractivity contribution in [2.75, 3.05) is 26.2 Å². The van der Waals surface area contributed by atoms with E-state index >= 15 is 0 Å². The van der Waals surface area contributed by atoms with Crippen molar-refractivity contribution in [1.82, 2.24) is 10.2 Å². The zero-order valence-corrected chi connectivity index (χ0v) is 9.69. The van der Waals surface area contributed by atoms with Gasteiger partial charge in [0.15, 0.2) is 0 Å². The van der Waals surface area contributed by atoms with Crippen LogP contribution in [-0.2, 0) is 6.54 Å². The lowest BCUT2D eigenvalue weighted by molar-refractivity contribution is 0.299. The van der Waals surface area contributed by atoms with Gasteiger partial charge in [0.25, 0.3) is 0 Å². The number of halogens is 1. The fourth-order valence-electron chi connectivity index (χ4n) is 3.00. The van der Waals surface area contributed by atoms with Gasteiger partial charge in [-0.15, -0.1) is 0 Å². The first kappa shape index (κ1) is 11.0. The van der Waals surface area contributed by atoms with E-state index in [0.29, 0.717) is 12.1 Å². The van der Waals surface area contributed by atoms with Crippen LogP contribution in [0.15, 0.2) is 18.2 Å². The maximum Gasteiger partial charge on any atom is 0.123 e. The van der Waals surface area contributed by atoms with E-state index in [0.717, 1.165) is 38.0 Å². The summed E-state index contributed by atoms with van der Waals surface area (Å²) >= 11 is 0. The second-order valence-electron chi connectivity index (χ2n) is 5.15. The molecule has 0 spiro atoms.